The Bertz CT molecular complexity index is 596. The standard InChI is InChI=1S/C15H16O4/c1-5-9-8(2)14(16)10-6-12(18-3)13(19-4)7-11(10)15(9)17/h6-7H,5H2,1-4H3. The molecular formula is C15H16O4. The Morgan fingerprint density at radius 2 is 1.42 bits per heavy atom. The zero-order valence-electron chi connectivity index (χ0n) is 11.5. The van der Waals surface area contributed by atoms with E-state index >= 15 is 0 Å². The summed E-state index contributed by atoms with van der Waals surface area (Å²) in [7, 11) is 3.00. The van der Waals surface area contributed by atoms with E-state index in [9.17, 15) is 9.59 Å². The van der Waals surface area contributed by atoms with E-state index in [-0.39, 0.29) is 11.6 Å². The van der Waals surface area contributed by atoms with E-state index in [1.165, 1.54) is 14.2 Å². The zero-order chi connectivity index (χ0) is 14.2. The second-order valence-electron chi connectivity index (χ2n) is 4.37. The Hall–Kier alpha value is -2.10. The van der Waals surface area contributed by atoms with Gasteiger partial charge in [-0.05, 0) is 25.5 Å². The molecule has 100 valence electrons. The molecule has 0 aromatic heterocycles. The molecule has 0 bridgehead atoms. The van der Waals surface area contributed by atoms with Gasteiger partial charge in [0.05, 0.1) is 14.2 Å². The van der Waals surface area contributed by atoms with Gasteiger partial charge in [-0.1, -0.05) is 6.92 Å². The minimum absolute atomic E-state index is 0.101. The number of carbonyl (C=O) groups excluding carboxylic acids is 2. The fourth-order valence-corrected chi connectivity index (χ4v) is 2.35. The van der Waals surface area contributed by atoms with Gasteiger partial charge in [-0.3, -0.25) is 9.59 Å². The number of methoxy groups -OCH3 is 2. The molecule has 0 atom stereocenters. The van der Waals surface area contributed by atoms with E-state index in [2.05, 4.69) is 0 Å². The molecule has 1 aliphatic carbocycles. The highest BCUT2D eigenvalue weighted by molar-refractivity contribution is 6.27. The van der Waals surface area contributed by atoms with Crippen LogP contribution in [0.15, 0.2) is 23.3 Å². The van der Waals surface area contributed by atoms with Crippen LogP contribution in [-0.2, 0) is 0 Å². The van der Waals surface area contributed by atoms with Crippen LogP contribution in [0.5, 0.6) is 11.5 Å². The Labute approximate surface area is 112 Å². The lowest BCUT2D eigenvalue weighted by Crippen LogP contribution is -2.21. The van der Waals surface area contributed by atoms with Crippen LogP contribution >= 0.6 is 0 Å². The topological polar surface area (TPSA) is 52.6 Å². The number of rotatable bonds is 3. The number of hydrogen-bond acceptors (Lipinski definition) is 4. The minimum Gasteiger partial charge on any atom is -0.493 e. The van der Waals surface area contributed by atoms with Crippen molar-refractivity contribution in [1.29, 1.82) is 0 Å². The average molecular weight is 260 g/mol. The van der Waals surface area contributed by atoms with E-state index < -0.39 is 0 Å². The van der Waals surface area contributed by atoms with Crippen LogP contribution in [0.3, 0.4) is 0 Å². The van der Waals surface area contributed by atoms with Gasteiger partial charge < -0.3 is 9.47 Å². The molecule has 1 aromatic carbocycles. The maximum Gasteiger partial charge on any atom is 0.190 e. The number of allylic oxidation sites excluding steroid dienone is 2. The lowest BCUT2D eigenvalue weighted by Gasteiger charge is -2.20. The molecule has 0 saturated carbocycles. The normalized spacial score (nSPS) is 14.5. The van der Waals surface area contributed by atoms with Crippen LogP contribution in [0.25, 0.3) is 0 Å². The highest BCUT2D eigenvalue weighted by Crippen LogP contribution is 2.36. The van der Waals surface area contributed by atoms with Crippen molar-refractivity contribution >= 4 is 11.6 Å². The Morgan fingerprint density at radius 3 is 1.84 bits per heavy atom. The van der Waals surface area contributed by atoms with Gasteiger partial charge in [0.25, 0.3) is 0 Å². The lowest BCUT2D eigenvalue weighted by atomic mass is 9.83. The van der Waals surface area contributed by atoms with Crippen molar-refractivity contribution in [2.24, 2.45) is 0 Å². The third-order valence-corrected chi connectivity index (χ3v) is 3.43. The molecule has 0 amide bonds. The summed E-state index contributed by atoms with van der Waals surface area (Å²) in [4.78, 5) is 24.7. The highest BCUT2D eigenvalue weighted by atomic mass is 16.5. The van der Waals surface area contributed by atoms with E-state index in [0.29, 0.717) is 40.2 Å². The van der Waals surface area contributed by atoms with Crippen LogP contribution in [0.1, 0.15) is 41.0 Å². The SMILES string of the molecule is CCC1=C(C)C(=O)c2cc(OC)c(OC)cc2C1=O. The summed E-state index contributed by atoms with van der Waals surface area (Å²) in [5.41, 5.74) is 1.87. The summed E-state index contributed by atoms with van der Waals surface area (Å²) in [6, 6.07) is 3.15. The van der Waals surface area contributed by atoms with Gasteiger partial charge in [0.2, 0.25) is 0 Å². The van der Waals surface area contributed by atoms with E-state index in [1.807, 2.05) is 6.92 Å². The summed E-state index contributed by atoms with van der Waals surface area (Å²) in [5, 5.41) is 0. The van der Waals surface area contributed by atoms with Gasteiger partial charge >= 0.3 is 0 Å². The molecule has 0 heterocycles. The largest absolute Gasteiger partial charge is 0.493 e. The second-order valence-corrected chi connectivity index (χ2v) is 4.37. The number of ketones is 2. The summed E-state index contributed by atoms with van der Waals surface area (Å²) in [6.45, 7) is 3.56. The van der Waals surface area contributed by atoms with Crippen molar-refractivity contribution in [3.63, 3.8) is 0 Å². The predicted molar refractivity (Wildman–Crippen MR) is 71.2 cm³/mol. The Balaban J connectivity index is 2.69. The number of fused-ring (bicyclic) bond motifs is 1. The Morgan fingerprint density at radius 1 is 0.947 bits per heavy atom. The first-order chi connectivity index (χ1) is 9.04. The number of ether oxygens (including phenoxy) is 2. The summed E-state index contributed by atoms with van der Waals surface area (Å²) < 4.78 is 10.3. The molecule has 1 aromatic rings. The molecule has 1 aliphatic rings. The van der Waals surface area contributed by atoms with E-state index in [4.69, 9.17) is 9.47 Å². The average Bonchev–Trinajstić information content (AvgIpc) is 2.44. The Kier molecular flexibility index (Phi) is 3.42. The zero-order valence-corrected chi connectivity index (χ0v) is 11.5. The van der Waals surface area contributed by atoms with Gasteiger partial charge in [-0.15, -0.1) is 0 Å². The molecular weight excluding hydrogens is 244 g/mol. The van der Waals surface area contributed by atoms with Crippen LogP contribution in [-0.4, -0.2) is 25.8 Å². The number of Topliss-reactive ketones (excluding diaryl/α,β-unsaturated/α-hetero) is 2. The fraction of sp³-hybridized carbons (Fsp3) is 0.333. The molecule has 0 spiro atoms. The molecule has 0 fully saturated rings. The van der Waals surface area contributed by atoms with Crippen molar-refractivity contribution in [1.82, 2.24) is 0 Å². The number of benzene rings is 1. The summed E-state index contributed by atoms with van der Waals surface area (Å²) in [6.07, 6.45) is 0.546. The lowest BCUT2D eigenvalue weighted by molar-refractivity contribution is 0.0972. The van der Waals surface area contributed by atoms with Crippen LogP contribution < -0.4 is 9.47 Å². The van der Waals surface area contributed by atoms with Crippen molar-refractivity contribution in [3.05, 3.63) is 34.4 Å². The minimum atomic E-state index is -0.118. The first-order valence-corrected chi connectivity index (χ1v) is 6.10. The molecule has 0 radical (unpaired) electrons. The quantitative estimate of drug-likeness (QED) is 0.838. The van der Waals surface area contributed by atoms with Crippen LogP contribution in [0.4, 0.5) is 0 Å². The second kappa shape index (κ2) is 4.88. The number of carbonyl (C=O) groups is 2. The molecule has 4 heteroatoms. The van der Waals surface area contributed by atoms with Gasteiger partial charge in [-0.25, -0.2) is 0 Å². The molecule has 0 saturated heterocycles. The van der Waals surface area contributed by atoms with Crippen molar-refractivity contribution < 1.29 is 19.1 Å². The highest BCUT2D eigenvalue weighted by Gasteiger charge is 2.30. The summed E-state index contributed by atoms with van der Waals surface area (Å²) in [5.74, 6) is 0.690. The van der Waals surface area contributed by atoms with Crippen molar-refractivity contribution in [2.75, 3.05) is 14.2 Å². The van der Waals surface area contributed by atoms with E-state index in [1.54, 1.807) is 19.1 Å². The smallest absolute Gasteiger partial charge is 0.190 e. The molecule has 0 aliphatic heterocycles. The molecule has 2 rings (SSSR count). The van der Waals surface area contributed by atoms with Gasteiger partial charge in [0, 0.05) is 22.3 Å². The number of hydrogen-bond donors (Lipinski definition) is 0. The monoisotopic (exact) mass is 260 g/mol. The summed E-state index contributed by atoms with van der Waals surface area (Å²) >= 11 is 0. The molecule has 0 unspecified atom stereocenters. The van der Waals surface area contributed by atoms with Gasteiger partial charge in [-0.2, -0.15) is 0 Å². The third kappa shape index (κ3) is 1.93. The first-order valence-electron chi connectivity index (χ1n) is 6.10. The van der Waals surface area contributed by atoms with Crippen molar-refractivity contribution in [3.8, 4) is 11.5 Å². The van der Waals surface area contributed by atoms with E-state index in [0.717, 1.165) is 0 Å². The first kappa shape index (κ1) is 13.3. The van der Waals surface area contributed by atoms with Crippen molar-refractivity contribution in [2.45, 2.75) is 20.3 Å². The third-order valence-electron chi connectivity index (χ3n) is 3.43. The fourth-order valence-electron chi connectivity index (χ4n) is 2.35. The molecule has 0 N–H and O–H groups in total. The predicted octanol–water partition coefficient (Wildman–Crippen LogP) is 2.81. The maximum atomic E-state index is 12.4. The van der Waals surface area contributed by atoms with Crippen LogP contribution in [0.2, 0.25) is 0 Å². The van der Waals surface area contributed by atoms with Crippen LogP contribution in [0, 0.1) is 0 Å². The van der Waals surface area contributed by atoms with Gasteiger partial charge in [0.15, 0.2) is 23.1 Å². The maximum absolute atomic E-state index is 12.4. The molecule has 4 nitrogen and oxygen atoms in total. The van der Waals surface area contributed by atoms with Gasteiger partial charge in [0.1, 0.15) is 0 Å². The molecule has 19 heavy (non-hydrogen) atoms.